The molecule has 0 bridgehead atoms. The second kappa shape index (κ2) is 16.0. The first-order valence-corrected chi connectivity index (χ1v) is 11.0. The zero-order valence-electron chi connectivity index (χ0n) is 19.7. The highest BCUT2D eigenvalue weighted by Gasteiger charge is 2.30. The average molecular weight is 447 g/mol. The van der Waals surface area contributed by atoms with Gasteiger partial charge in [-0.25, -0.2) is 9.59 Å². The Morgan fingerprint density at radius 2 is 1.03 bits per heavy atom. The maximum Gasteiger partial charge on any atom is 0.335 e. The predicted octanol–water partition coefficient (Wildman–Crippen LogP) is 5.21. The molecule has 4 N–H and O–H groups in total. The third-order valence-electron chi connectivity index (χ3n) is 5.28. The molecule has 0 aliphatic carbocycles. The zero-order valence-corrected chi connectivity index (χ0v) is 19.7. The lowest BCUT2D eigenvalue weighted by molar-refractivity contribution is -0.0107. The lowest BCUT2D eigenvalue weighted by atomic mass is 9.77. The molecule has 0 saturated heterocycles. The highest BCUT2D eigenvalue weighted by atomic mass is 16.4. The van der Waals surface area contributed by atoms with E-state index < -0.39 is 11.9 Å². The van der Waals surface area contributed by atoms with E-state index in [9.17, 15) is 19.8 Å². The topological polar surface area (TPSA) is 115 Å². The van der Waals surface area contributed by atoms with Crippen molar-refractivity contribution in [3.8, 4) is 0 Å². The van der Waals surface area contributed by atoms with Crippen molar-refractivity contribution in [3.63, 3.8) is 0 Å². The van der Waals surface area contributed by atoms with E-state index in [0.29, 0.717) is 11.1 Å². The van der Waals surface area contributed by atoms with Crippen molar-refractivity contribution < 1.29 is 30.0 Å². The first-order chi connectivity index (χ1) is 15.1. The van der Waals surface area contributed by atoms with E-state index in [1.54, 1.807) is 60.7 Å². The fourth-order valence-electron chi connectivity index (χ4n) is 3.45. The summed E-state index contributed by atoms with van der Waals surface area (Å²) in [5.41, 5.74) is 0.662. The quantitative estimate of drug-likeness (QED) is 0.443. The Bertz CT molecular complexity index is 709. The van der Waals surface area contributed by atoms with Gasteiger partial charge in [0, 0.05) is 0 Å². The van der Waals surface area contributed by atoms with Crippen LogP contribution in [0.3, 0.4) is 0 Å². The molecule has 4 atom stereocenters. The molecule has 0 spiro atoms. The van der Waals surface area contributed by atoms with Gasteiger partial charge in [0.25, 0.3) is 0 Å². The van der Waals surface area contributed by atoms with Gasteiger partial charge in [-0.05, 0) is 48.9 Å². The average Bonchev–Trinajstić information content (AvgIpc) is 2.78. The van der Waals surface area contributed by atoms with Crippen LogP contribution >= 0.6 is 0 Å². The van der Waals surface area contributed by atoms with Gasteiger partial charge in [-0.1, -0.05) is 76.9 Å². The summed E-state index contributed by atoms with van der Waals surface area (Å²) < 4.78 is 0. The van der Waals surface area contributed by atoms with E-state index in [-0.39, 0.29) is 30.0 Å². The van der Waals surface area contributed by atoms with Gasteiger partial charge < -0.3 is 20.4 Å². The number of carbonyl (C=O) groups is 2. The summed E-state index contributed by atoms with van der Waals surface area (Å²) in [7, 11) is 0. The van der Waals surface area contributed by atoms with Crippen LogP contribution in [0.15, 0.2) is 60.7 Å². The highest BCUT2D eigenvalue weighted by Crippen LogP contribution is 2.29. The molecule has 2 aromatic carbocycles. The molecule has 178 valence electrons. The van der Waals surface area contributed by atoms with Crippen molar-refractivity contribution in [2.24, 2.45) is 17.8 Å². The van der Waals surface area contributed by atoms with Gasteiger partial charge >= 0.3 is 11.9 Å². The van der Waals surface area contributed by atoms with Crippen molar-refractivity contribution in [3.05, 3.63) is 71.8 Å². The Balaban J connectivity index is 0.000000466. The number of hydrogen-bond donors (Lipinski definition) is 4. The molecule has 6 heteroatoms. The van der Waals surface area contributed by atoms with Gasteiger partial charge in [0.2, 0.25) is 0 Å². The molecule has 0 saturated carbocycles. The SMILES string of the molecule is CCC(C(C)O)C(CC)C(O)C(C)C.O=C(O)c1ccccc1.O=C(O)c1ccccc1. The summed E-state index contributed by atoms with van der Waals surface area (Å²) in [6.07, 6.45) is 1.25. The summed E-state index contributed by atoms with van der Waals surface area (Å²) in [6, 6.07) is 16.6. The Kier molecular flexibility index (Phi) is 14.7. The number of benzene rings is 2. The molecular formula is C26H38O6. The van der Waals surface area contributed by atoms with Gasteiger partial charge in [-0.2, -0.15) is 0 Å². The van der Waals surface area contributed by atoms with Crippen molar-refractivity contribution >= 4 is 11.9 Å². The normalized spacial score (nSPS) is 14.0. The highest BCUT2D eigenvalue weighted by molar-refractivity contribution is 5.87. The van der Waals surface area contributed by atoms with Crippen LogP contribution in [0.25, 0.3) is 0 Å². The number of hydrogen-bond acceptors (Lipinski definition) is 4. The Labute approximate surface area is 191 Å². The third-order valence-corrected chi connectivity index (χ3v) is 5.28. The van der Waals surface area contributed by atoms with E-state index >= 15 is 0 Å². The fraction of sp³-hybridized carbons (Fsp3) is 0.462. The number of rotatable bonds is 8. The monoisotopic (exact) mass is 446 g/mol. The molecule has 0 aromatic heterocycles. The van der Waals surface area contributed by atoms with Crippen molar-refractivity contribution in [1.82, 2.24) is 0 Å². The zero-order chi connectivity index (χ0) is 24.7. The standard InChI is InChI=1S/C12H26O2.2C7H6O2/c1-6-10(9(5)13)11(7-2)12(14)8(3)4;2*8-7(9)6-4-2-1-3-5-6/h8-14H,6-7H2,1-5H3;2*1-5H,(H,8,9). The smallest absolute Gasteiger partial charge is 0.335 e. The summed E-state index contributed by atoms with van der Waals surface area (Å²) in [6.45, 7) is 10.0. The molecular weight excluding hydrogens is 408 g/mol. The first kappa shape index (κ1) is 29.3. The van der Waals surface area contributed by atoms with Crippen LogP contribution in [-0.2, 0) is 0 Å². The summed E-state index contributed by atoms with van der Waals surface area (Å²) >= 11 is 0. The third kappa shape index (κ3) is 11.1. The lowest BCUT2D eigenvalue weighted by Gasteiger charge is -2.33. The molecule has 32 heavy (non-hydrogen) atoms. The molecule has 0 radical (unpaired) electrons. The van der Waals surface area contributed by atoms with E-state index in [0.717, 1.165) is 12.8 Å². The number of carboxylic acid groups (broad SMARTS) is 2. The maximum absolute atomic E-state index is 10.2. The Morgan fingerprint density at radius 3 is 1.22 bits per heavy atom. The number of aliphatic hydroxyl groups excluding tert-OH is 2. The van der Waals surface area contributed by atoms with Crippen LogP contribution < -0.4 is 0 Å². The lowest BCUT2D eigenvalue weighted by Crippen LogP contribution is -2.36. The van der Waals surface area contributed by atoms with E-state index in [1.165, 1.54) is 0 Å². The van der Waals surface area contributed by atoms with Crippen molar-refractivity contribution in [2.45, 2.75) is 59.7 Å². The maximum atomic E-state index is 10.2. The van der Waals surface area contributed by atoms with Crippen LogP contribution in [0.1, 0.15) is 68.2 Å². The van der Waals surface area contributed by atoms with Crippen molar-refractivity contribution in [1.29, 1.82) is 0 Å². The van der Waals surface area contributed by atoms with Gasteiger partial charge in [0.15, 0.2) is 0 Å². The fourth-order valence-corrected chi connectivity index (χ4v) is 3.45. The van der Waals surface area contributed by atoms with E-state index in [4.69, 9.17) is 10.2 Å². The summed E-state index contributed by atoms with van der Waals surface area (Å²) in [5, 5.41) is 36.4. The number of carboxylic acids is 2. The van der Waals surface area contributed by atoms with E-state index in [2.05, 4.69) is 13.8 Å². The predicted molar refractivity (Wildman–Crippen MR) is 127 cm³/mol. The van der Waals surface area contributed by atoms with Crippen LogP contribution in [-0.4, -0.2) is 44.6 Å². The van der Waals surface area contributed by atoms with Gasteiger partial charge in [0.1, 0.15) is 0 Å². The molecule has 2 rings (SSSR count). The molecule has 4 unspecified atom stereocenters. The second-order valence-electron chi connectivity index (χ2n) is 7.96. The minimum atomic E-state index is -0.879. The molecule has 6 nitrogen and oxygen atoms in total. The van der Waals surface area contributed by atoms with Crippen LogP contribution in [0.4, 0.5) is 0 Å². The summed E-state index contributed by atoms with van der Waals surface area (Å²) in [5.74, 6) is -1.05. The molecule has 0 aliphatic rings. The molecule has 0 fully saturated rings. The van der Waals surface area contributed by atoms with Crippen LogP contribution in [0, 0.1) is 17.8 Å². The summed E-state index contributed by atoms with van der Waals surface area (Å²) in [4.78, 5) is 20.4. The molecule has 2 aromatic rings. The minimum absolute atomic E-state index is 0.220. The number of aliphatic hydroxyl groups is 2. The molecule has 0 aliphatic heterocycles. The van der Waals surface area contributed by atoms with Gasteiger partial charge in [0.05, 0.1) is 23.3 Å². The van der Waals surface area contributed by atoms with E-state index in [1.807, 2.05) is 20.8 Å². The first-order valence-electron chi connectivity index (χ1n) is 11.0. The number of aromatic carboxylic acids is 2. The molecule has 0 amide bonds. The second-order valence-corrected chi connectivity index (χ2v) is 7.96. The molecule has 0 heterocycles. The van der Waals surface area contributed by atoms with Crippen LogP contribution in [0.2, 0.25) is 0 Å². The largest absolute Gasteiger partial charge is 0.478 e. The van der Waals surface area contributed by atoms with Gasteiger partial charge in [-0.3, -0.25) is 0 Å². The van der Waals surface area contributed by atoms with Crippen molar-refractivity contribution in [2.75, 3.05) is 0 Å². The Hall–Kier alpha value is -2.70. The Morgan fingerprint density at radius 1 is 0.688 bits per heavy atom. The van der Waals surface area contributed by atoms with Crippen LogP contribution in [0.5, 0.6) is 0 Å². The van der Waals surface area contributed by atoms with Gasteiger partial charge in [-0.15, -0.1) is 0 Å². The minimum Gasteiger partial charge on any atom is -0.478 e.